The van der Waals surface area contributed by atoms with E-state index in [4.69, 9.17) is 18.0 Å². The predicted octanol–water partition coefficient (Wildman–Crippen LogP) is 2.89. The molecule has 3 nitrogen and oxygen atoms in total. The molecule has 0 fully saturated rings. The highest BCUT2D eigenvalue weighted by molar-refractivity contribution is 7.80. The van der Waals surface area contributed by atoms with E-state index in [1.807, 2.05) is 18.2 Å². The summed E-state index contributed by atoms with van der Waals surface area (Å²) in [6.45, 7) is 1.61. The number of nitrogens with two attached hydrogens (primary N) is 1. The number of carbonyl (C=O) groups is 1. The number of hydrogen-bond donors (Lipinski definition) is 2. The Bertz CT molecular complexity index is 673. The summed E-state index contributed by atoms with van der Waals surface area (Å²) in [7, 11) is 0. The number of aryl methyl sites for hydroxylation is 1. The Hall–Kier alpha value is -2.27. The van der Waals surface area contributed by atoms with Crippen LogP contribution in [-0.2, 0) is 0 Å². The molecule has 2 rings (SSSR count). The van der Waals surface area contributed by atoms with E-state index in [0.29, 0.717) is 5.56 Å². The zero-order valence-corrected chi connectivity index (χ0v) is 12.3. The van der Waals surface area contributed by atoms with E-state index in [1.165, 1.54) is 6.07 Å². The molecule has 0 saturated carbocycles. The lowest BCUT2D eigenvalue weighted by molar-refractivity contribution is 0.0942. The Morgan fingerprint density at radius 2 is 1.86 bits per heavy atom. The predicted molar refractivity (Wildman–Crippen MR) is 84.6 cm³/mol. The van der Waals surface area contributed by atoms with Gasteiger partial charge in [0.2, 0.25) is 0 Å². The van der Waals surface area contributed by atoms with Gasteiger partial charge in [0.05, 0.1) is 5.56 Å². The topological polar surface area (TPSA) is 55.1 Å². The molecule has 0 spiro atoms. The number of hydrogen-bond acceptors (Lipinski definition) is 2. The SMILES string of the molecule is Cc1cccc(C(=O)NC(C(N)=S)c2ccccc2)c1F. The molecule has 1 unspecified atom stereocenters. The van der Waals surface area contributed by atoms with Gasteiger partial charge in [-0.1, -0.05) is 54.7 Å². The minimum absolute atomic E-state index is 0.0211. The maximum Gasteiger partial charge on any atom is 0.255 e. The molecular formula is C16H15FN2OS. The number of benzene rings is 2. The van der Waals surface area contributed by atoms with Gasteiger partial charge in [-0.15, -0.1) is 0 Å². The number of amides is 1. The monoisotopic (exact) mass is 302 g/mol. The van der Waals surface area contributed by atoms with Crippen LogP contribution in [0.4, 0.5) is 4.39 Å². The molecule has 1 atom stereocenters. The molecule has 108 valence electrons. The Morgan fingerprint density at radius 1 is 1.19 bits per heavy atom. The van der Waals surface area contributed by atoms with Crippen molar-refractivity contribution in [1.82, 2.24) is 5.32 Å². The number of carbonyl (C=O) groups excluding carboxylic acids is 1. The van der Waals surface area contributed by atoms with Crippen molar-refractivity contribution >= 4 is 23.1 Å². The summed E-state index contributed by atoms with van der Waals surface area (Å²) in [5.74, 6) is -1.08. The zero-order valence-electron chi connectivity index (χ0n) is 11.5. The summed E-state index contributed by atoms with van der Waals surface area (Å²) in [6.07, 6.45) is 0. The van der Waals surface area contributed by atoms with Crippen molar-refractivity contribution in [2.24, 2.45) is 5.73 Å². The van der Waals surface area contributed by atoms with Gasteiger partial charge in [0, 0.05) is 0 Å². The van der Waals surface area contributed by atoms with Crippen LogP contribution in [0.2, 0.25) is 0 Å². The summed E-state index contributed by atoms with van der Waals surface area (Å²) >= 11 is 5.00. The fourth-order valence-electron chi connectivity index (χ4n) is 2.00. The first-order valence-corrected chi connectivity index (χ1v) is 6.81. The highest BCUT2D eigenvalue weighted by Crippen LogP contribution is 2.16. The molecule has 0 heterocycles. The van der Waals surface area contributed by atoms with Gasteiger partial charge in [-0.25, -0.2) is 4.39 Å². The molecule has 0 aromatic heterocycles. The summed E-state index contributed by atoms with van der Waals surface area (Å²) < 4.78 is 14.0. The van der Waals surface area contributed by atoms with Crippen molar-refractivity contribution in [3.8, 4) is 0 Å². The van der Waals surface area contributed by atoms with Gasteiger partial charge in [0.15, 0.2) is 0 Å². The first-order valence-electron chi connectivity index (χ1n) is 6.41. The second-order valence-corrected chi connectivity index (χ2v) is 5.13. The quantitative estimate of drug-likeness (QED) is 0.854. The van der Waals surface area contributed by atoms with Gasteiger partial charge >= 0.3 is 0 Å². The van der Waals surface area contributed by atoms with Gasteiger partial charge < -0.3 is 11.1 Å². The lowest BCUT2D eigenvalue weighted by atomic mass is 10.1. The van der Waals surface area contributed by atoms with Crippen molar-refractivity contribution in [2.75, 3.05) is 0 Å². The molecule has 0 aliphatic heterocycles. The maximum atomic E-state index is 14.0. The van der Waals surface area contributed by atoms with Crippen LogP contribution < -0.4 is 11.1 Å². The Morgan fingerprint density at radius 3 is 2.48 bits per heavy atom. The van der Waals surface area contributed by atoms with Crippen molar-refractivity contribution in [1.29, 1.82) is 0 Å². The van der Waals surface area contributed by atoms with Crippen molar-refractivity contribution < 1.29 is 9.18 Å². The van der Waals surface area contributed by atoms with Gasteiger partial charge in [0.1, 0.15) is 16.8 Å². The second-order valence-electron chi connectivity index (χ2n) is 4.66. The third-order valence-electron chi connectivity index (χ3n) is 3.13. The molecule has 0 aliphatic carbocycles. The fraction of sp³-hybridized carbons (Fsp3) is 0.125. The summed E-state index contributed by atoms with van der Waals surface area (Å²) in [4.78, 5) is 12.4. The first kappa shape index (κ1) is 15.1. The highest BCUT2D eigenvalue weighted by Gasteiger charge is 2.20. The lowest BCUT2D eigenvalue weighted by Crippen LogP contribution is -2.36. The molecule has 1 amide bonds. The van der Waals surface area contributed by atoms with Gasteiger partial charge in [-0.05, 0) is 24.1 Å². The summed E-state index contributed by atoms with van der Waals surface area (Å²) in [5, 5.41) is 2.67. The number of nitrogens with one attached hydrogen (secondary N) is 1. The van der Waals surface area contributed by atoms with Crippen molar-refractivity contribution in [2.45, 2.75) is 13.0 Å². The van der Waals surface area contributed by atoms with E-state index in [0.717, 1.165) is 5.56 Å². The van der Waals surface area contributed by atoms with Crippen LogP contribution in [-0.4, -0.2) is 10.9 Å². The third kappa shape index (κ3) is 3.44. The van der Waals surface area contributed by atoms with E-state index < -0.39 is 17.8 Å². The van der Waals surface area contributed by atoms with Crippen LogP contribution in [0.5, 0.6) is 0 Å². The zero-order chi connectivity index (χ0) is 15.4. The normalized spacial score (nSPS) is 11.7. The van der Waals surface area contributed by atoms with Crippen LogP contribution >= 0.6 is 12.2 Å². The third-order valence-corrected chi connectivity index (χ3v) is 3.36. The van der Waals surface area contributed by atoms with Gasteiger partial charge in [-0.2, -0.15) is 0 Å². The van der Waals surface area contributed by atoms with E-state index in [2.05, 4.69) is 5.32 Å². The minimum atomic E-state index is -0.631. The van der Waals surface area contributed by atoms with Crippen LogP contribution in [0.15, 0.2) is 48.5 Å². The van der Waals surface area contributed by atoms with Crippen LogP contribution in [0.3, 0.4) is 0 Å². The van der Waals surface area contributed by atoms with E-state index in [-0.39, 0.29) is 10.6 Å². The molecule has 21 heavy (non-hydrogen) atoms. The molecule has 2 aromatic rings. The average Bonchev–Trinajstić information content (AvgIpc) is 2.48. The van der Waals surface area contributed by atoms with Crippen LogP contribution in [0, 0.1) is 12.7 Å². The van der Waals surface area contributed by atoms with Crippen molar-refractivity contribution in [3.63, 3.8) is 0 Å². The number of thiocarbonyl (C=S) groups is 1. The van der Waals surface area contributed by atoms with Crippen molar-refractivity contribution in [3.05, 3.63) is 71.0 Å². The Balaban J connectivity index is 2.28. The minimum Gasteiger partial charge on any atom is -0.391 e. The Labute approximate surface area is 128 Å². The number of halogens is 1. The lowest BCUT2D eigenvalue weighted by Gasteiger charge is -2.18. The average molecular weight is 302 g/mol. The van der Waals surface area contributed by atoms with Gasteiger partial charge in [-0.3, -0.25) is 4.79 Å². The fourth-order valence-corrected chi connectivity index (χ4v) is 2.19. The Kier molecular flexibility index (Phi) is 4.65. The molecule has 5 heteroatoms. The number of rotatable bonds is 4. The molecule has 0 bridgehead atoms. The molecule has 2 aromatic carbocycles. The van der Waals surface area contributed by atoms with E-state index in [1.54, 1.807) is 31.2 Å². The second kappa shape index (κ2) is 6.45. The molecule has 0 aliphatic rings. The standard InChI is InChI=1S/C16H15FN2OS/c1-10-6-5-9-12(13(10)17)16(20)19-14(15(18)21)11-7-3-2-4-8-11/h2-9,14H,1H3,(H2,18,21)(H,19,20). The van der Waals surface area contributed by atoms with Crippen LogP contribution in [0.1, 0.15) is 27.5 Å². The van der Waals surface area contributed by atoms with E-state index >= 15 is 0 Å². The smallest absolute Gasteiger partial charge is 0.255 e. The van der Waals surface area contributed by atoms with Crippen LogP contribution in [0.25, 0.3) is 0 Å². The molecule has 0 saturated heterocycles. The molecule has 0 radical (unpaired) electrons. The highest BCUT2D eigenvalue weighted by atomic mass is 32.1. The molecule has 3 N–H and O–H groups in total. The maximum absolute atomic E-state index is 14.0. The first-order chi connectivity index (χ1) is 10.0. The molecular weight excluding hydrogens is 287 g/mol. The van der Waals surface area contributed by atoms with E-state index in [9.17, 15) is 9.18 Å². The summed E-state index contributed by atoms with van der Waals surface area (Å²) in [6, 6.07) is 13.1. The van der Waals surface area contributed by atoms with Gasteiger partial charge in [0.25, 0.3) is 5.91 Å². The summed E-state index contributed by atoms with van der Waals surface area (Å²) in [5.41, 5.74) is 6.83. The largest absolute Gasteiger partial charge is 0.391 e.